The van der Waals surface area contributed by atoms with E-state index in [1.54, 1.807) is 0 Å². The topological polar surface area (TPSA) is 46.6 Å². The lowest BCUT2D eigenvalue weighted by atomic mass is 9.91. The van der Waals surface area contributed by atoms with Crippen molar-refractivity contribution in [3.63, 3.8) is 0 Å². The Bertz CT molecular complexity index is 586. The number of ketones is 1. The van der Waals surface area contributed by atoms with E-state index >= 15 is 0 Å². The van der Waals surface area contributed by atoms with Gasteiger partial charge in [-0.05, 0) is 43.1 Å². The molecule has 3 atom stereocenters. The van der Waals surface area contributed by atoms with Gasteiger partial charge in [-0.25, -0.2) is 0 Å². The molecular weight excluding hydrogens is 314 g/mol. The van der Waals surface area contributed by atoms with E-state index in [2.05, 4.69) is 19.1 Å². The third kappa shape index (κ3) is 4.69. The van der Waals surface area contributed by atoms with Crippen LogP contribution in [0.2, 0.25) is 0 Å². The SMILES string of the molecule is CC(CCC(=O)N1CCCC2CCC(=O)C21)COCc1ccccc1. The molecule has 0 N–H and O–H groups in total. The molecule has 0 aromatic heterocycles. The van der Waals surface area contributed by atoms with Crippen LogP contribution in [0.3, 0.4) is 0 Å². The Morgan fingerprint density at radius 3 is 2.88 bits per heavy atom. The van der Waals surface area contributed by atoms with Gasteiger partial charge in [-0.3, -0.25) is 9.59 Å². The lowest BCUT2D eigenvalue weighted by molar-refractivity contribution is -0.141. The molecule has 3 unspecified atom stereocenters. The highest BCUT2D eigenvalue weighted by Gasteiger charge is 2.42. The van der Waals surface area contributed by atoms with Gasteiger partial charge in [0, 0.05) is 26.0 Å². The highest BCUT2D eigenvalue weighted by Crippen LogP contribution is 2.35. The lowest BCUT2D eigenvalue weighted by Gasteiger charge is -2.36. The van der Waals surface area contributed by atoms with E-state index < -0.39 is 0 Å². The zero-order valence-electron chi connectivity index (χ0n) is 15.2. The van der Waals surface area contributed by atoms with E-state index in [1.165, 1.54) is 5.56 Å². The molecule has 1 aliphatic carbocycles. The van der Waals surface area contributed by atoms with Crippen LogP contribution in [-0.4, -0.2) is 35.8 Å². The molecule has 0 spiro atoms. The number of likely N-dealkylation sites (tertiary alicyclic amines) is 1. The second-order valence-corrected chi connectivity index (χ2v) is 7.58. The average molecular weight is 343 g/mol. The molecule has 0 bridgehead atoms. The summed E-state index contributed by atoms with van der Waals surface area (Å²) < 4.78 is 5.77. The molecule has 2 fully saturated rings. The summed E-state index contributed by atoms with van der Waals surface area (Å²) in [7, 11) is 0. The third-order valence-electron chi connectivity index (χ3n) is 5.53. The van der Waals surface area contributed by atoms with Crippen molar-refractivity contribution in [3.8, 4) is 0 Å². The lowest BCUT2D eigenvalue weighted by Crippen LogP contribution is -2.49. The monoisotopic (exact) mass is 343 g/mol. The molecule has 3 rings (SSSR count). The number of hydrogen-bond donors (Lipinski definition) is 0. The predicted octanol–water partition coefficient (Wildman–Crippen LogP) is 3.59. The third-order valence-corrected chi connectivity index (χ3v) is 5.53. The molecular formula is C21H29NO3. The zero-order valence-corrected chi connectivity index (χ0v) is 15.2. The smallest absolute Gasteiger partial charge is 0.223 e. The summed E-state index contributed by atoms with van der Waals surface area (Å²) in [4.78, 5) is 26.6. The molecule has 1 amide bonds. The first-order valence-electron chi connectivity index (χ1n) is 9.59. The number of piperidine rings is 1. The van der Waals surface area contributed by atoms with Gasteiger partial charge < -0.3 is 9.64 Å². The van der Waals surface area contributed by atoms with Gasteiger partial charge >= 0.3 is 0 Å². The van der Waals surface area contributed by atoms with Crippen molar-refractivity contribution in [2.75, 3.05) is 13.2 Å². The van der Waals surface area contributed by atoms with Gasteiger partial charge in [0.05, 0.1) is 12.6 Å². The second-order valence-electron chi connectivity index (χ2n) is 7.58. The Morgan fingerprint density at radius 2 is 2.08 bits per heavy atom. The van der Waals surface area contributed by atoms with Crippen LogP contribution in [0.4, 0.5) is 0 Å². The molecule has 1 aromatic rings. The summed E-state index contributed by atoms with van der Waals surface area (Å²) in [5.41, 5.74) is 1.17. The van der Waals surface area contributed by atoms with Crippen molar-refractivity contribution in [2.45, 2.75) is 58.1 Å². The van der Waals surface area contributed by atoms with Gasteiger partial charge in [0.15, 0.2) is 5.78 Å². The van der Waals surface area contributed by atoms with Crippen molar-refractivity contribution >= 4 is 11.7 Å². The second kappa shape index (κ2) is 8.61. The van der Waals surface area contributed by atoms with Crippen LogP contribution in [0.15, 0.2) is 30.3 Å². The van der Waals surface area contributed by atoms with Crippen LogP contribution in [0.1, 0.15) is 51.0 Å². The molecule has 1 saturated carbocycles. The maximum absolute atomic E-state index is 12.6. The highest BCUT2D eigenvalue weighted by atomic mass is 16.5. The van der Waals surface area contributed by atoms with Gasteiger partial charge in [0.25, 0.3) is 0 Å². The van der Waals surface area contributed by atoms with Crippen LogP contribution in [0.25, 0.3) is 0 Å². The van der Waals surface area contributed by atoms with E-state index in [9.17, 15) is 9.59 Å². The summed E-state index contributed by atoms with van der Waals surface area (Å²) >= 11 is 0. The Kier molecular flexibility index (Phi) is 6.24. The minimum absolute atomic E-state index is 0.120. The van der Waals surface area contributed by atoms with E-state index in [0.29, 0.717) is 37.9 Å². The van der Waals surface area contributed by atoms with Gasteiger partial charge in [0.1, 0.15) is 0 Å². The fourth-order valence-corrected chi connectivity index (χ4v) is 4.12. The van der Waals surface area contributed by atoms with Gasteiger partial charge in [-0.15, -0.1) is 0 Å². The van der Waals surface area contributed by atoms with Crippen LogP contribution in [0, 0.1) is 11.8 Å². The number of fused-ring (bicyclic) bond motifs is 1. The number of hydrogen-bond acceptors (Lipinski definition) is 3. The number of nitrogens with zero attached hydrogens (tertiary/aromatic N) is 1. The summed E-state index contributed by atoms with van der Waals surface area (Å²) in [5, 5.41) is 0. The summed E-state index contributed by atoms with van der Waals surface area (Å²) in [5.74, 6) is 1.18. The molecule has 0 radical (unpaired) electrons. The van der Waals surface area contributed by atoms with E-state index in [4.69, 9.17) is 4.74 Å². The first kappa shape index (κ1) is 18.1. The predicted molar refractivity (Wildman–Crippen MR) is 97.0 cm³/mol. The summed E-state index contributed by atoms with van der Waals surface area (Å²) in [6.07, 6.45) is 5.10. The minimum atomic E-state index is -0.120. The van der Waals surface area contributed by atoms with Gasteiger partial charge in [-0.1, -0.05) is 37.3 Å². The van der Waals surface area contributed by atoms with Crippen molar-refractivity contribution in [3.05, 3.63) is 35.9 Å². The molecule has 25 heavy (non-hydrogen) atoms. The Morgan fingerprint density at radius 1 is 1.28 bits per heavy atom. The van der Waals surface area contributed by atoms with E-state index in [-0.39, 0.29) is 17.7 Å². The number of rotatable bonds is 7. The number of Topliss-reactive ketones (excluding diaryl/α,β-unsaturated/α-hetero) is 1. The van der Waals surface area contributed by atoms with Crippen LogP contribution in [0.5, 0.6) is 0 Å². The van der Waals surface area contributed by atoms with Crippen LogP contribution >= 0.6 is 0 Å². The largest absolute Gasteiger partial charge is 0.376 e. The minimum Gasteiger partial charge on any atom is -0.376 e. The molecule has 1 aliphatic heterocycles. The fraction of sp³-hybridized carbons (Fsp3) is 0.619. The summed E-state index contributed by atoms with van der Waals surface area (Å²) in [6.45, 7) is 4.15. The number of carbonyl (C=O) groups excluding carboxylic acids is 2. The standard InChI is InChI=1S/C21H29NO3/c1-16(14-25-15-17-6-3-2-4-7-17)9-12-20(24)22-13-5-8-18-10-11-19(23)21(18)22/h2-4,6-7,16,18,21H,5,8-15H2,1H3. The molecule has 4 heteroatoms. The zero-order chi connectivity index (χ0) is 17.6. The van der Waals surface area contributed by atoms with E-state index in [0.717, 1.165) is 32.2 Å². The maximum Gasteiger partial charge on any atom is 0.223 e. The van der Waals surface area contributed by atoms with Crippen molar-refractivity contribution in [1.82, 2.24) is 4.90 Å². The molecule has 2 aliphatic rings. The molecule has 1 saturated heterocycles. The van der Waals surface area contributed by atoms with Crippen molar-refractivity contribution in [2.24, 2.45) is 11.8 Å². The molecule has 1 aromatic carbocycles. The maximum atomic E-state index is 12.6. The first-order chi connectivity index (χ1) is 12.1. The number of carbonyl (C=O) groups is 2. The molecule has 1 heterocycles. The number of amides is 1. The van der Waals surface area contributed by atoms with Crippen molar-refractivity contribution in [1.29, 1.82) is 0 Å². The van der Waals surface area contributed by atoms with Gasteiger partial charge in [-0.2, -0.15) is 0 Å². The Labute approximate surface area is 150 Å². The van der Waals surface area contributed by atoms with E-state index in [1.807, 2.05) is 23.1 Å². The average Bonchev–Trinajstić information content (AvgIpc) is 3.02. The quantitative estimate of drug-likeness (QED) is 0.760. The first-order valence-corrected chi connectivity index (χ1v) is 9.59. The fourth-order valence-electron chi connectivity index (χ4n) is 4.12. The van der Waals surface area contributed by atoms with Crippen molar-refractivity contribution < 1.29 is 14.3 Å². The molecule has 136 valence electrons. The summed E-state index contributed by atoms with van der Waals surface area (Å²) in [6, 6.07) is 10.0. The highest BCUT2D eigenvalue weighted by molar-refractivity contribution is 5.91. The Hall–Kier alpha value is -1.68. The van der Waals surface area contributed by atoms with Crippen LogP contribution < -0.4 is 0 Å². The molecule has 4 nitrogen and oxygen atoms in total. The number of ether oxygens (including phenoxy) is 1. The number of benzene rings is 1. The Balaban J connectivity index is 1.40. The normalized spacial score (nSPS) is 24.2. The van der Waals surface area contributed by atoms with Gasteiger partial charge in [0.2, 0.25) is 5.91 Å². The van der Waals surface area contributed by atoms with Crippen LogP contribution in [-0.2, 0) is 20.9 Å².